The number of aryl methyl sites for hydroxylation is 1. The Kier molecular flexibility index (Phi) is 6.21. The molecule has 1 aliphatic heterocycles. The van der Waals surface area contributed by atoms with E-state index in [1.165, 1.54) is 5.56 Å². The highest BCUT2D eigenvalue weighted by Crippen LogP contribution is 2.34. The van der Waals surface area contributed by atoms with Gasteiger partial charge in [-0.05, 0) is 31.9 Å². The smallest absolute Gasteiger partial charge is 0.263 e. The molecule has 1 atom stereocenters. The van der Waals surface area contributed by atoms with Crippen LogP contribution in [0.4, 0.5) is 5.69 Å². The van der Waals surface area contributed by atoms with Gasteiger partial charge >= 0.3 is 0 Å². The van der Waals surface area contributed by atoms with Gasteiger partial charge in [0, 0.05) is 11.6 Å². The van der Waals surface area contributed by atoms with Gasteiger partial charge in [-0.15, -0.1) is 0 Å². The fourth-order valence-corrected chi connectivity index (χ4v) is 3.68. The standard InChI is InChI=1S/C24H28N4O3/c1-4-18(5-2)25-24(29)21-14-28(19-8-6-7-9-20(19)30-21)15-22-26-23(27-31-22)17-12-10-16(3)11-13-17/h6-13,18,21H,4-5,14-15H2,1-3H3,(H,25,29). The highest BCUT2D eigenvalue weighted by Gasteiger charge is 2.32. The number of carbonyl (C=O) groups excluding carboxylic acids is 1. The van der Waals surface area contributed by atoms with Gasteiger partial charge in [0.25, 0.3) is 5.91 Å². The van der Waals surface area contributed by atoms with Gasteiger partial charge in [-0.1, -0.05) is 61.0 Å². The van der Waals surface area contributed by atoms with Crippen molar-refractivity contribution in [2.45, 2.75) is 52.3 Å². The van der Waals surface area contributed by atoms with Crippen LogP contribution < -0.4 is 15.0 Å². The lowest BCUT2D eigenvalue weighted by atomic mass is 10.1. The molecule has 2 heterocycles. The second-order valence-electron chi connectivity index (χ2n) is 7.85. The van der Waals surface area contributed by atoms with E-state index in [4.69, 9.17) is 9.26 Å². The second-order valence-corrected chi connectivity index (χ2v) is 7.85. The van der Waals surface area contributed by atoms with Gasteiger partial charge in [0.15, 0.2) is 6.10 Å². The van der Waals surface area contributed by atoms with E-state index >= 15 is 0 Å². The van der Waals surface area contributed by atoms with E-state index in [-0.39, 0.29) is 11.9 Å². The summed E-state index contributed by atoms with van der Waals surface area (Å²) in [5.41, 5.74) is 2.99. The molecule has 0 fully saturated rings. The van der Waals surface area contributed by atoms with Crippen LogP contribution in [0.25, 0.3) is 11.4 Å². The van der Waals surface area contributed by atoms with Crippen molar-refractivity contribution in [3.8, 4) is 17.1 Å². The molecule has 1 aromatic heterocycles. The molecule has 1 unspecified atom stereocenters. The number of nitrogens with one attached hydrogen (secondary N) is 1. The Morgan fingerprint density at radius 2 is 1.90 bits per heavy atom. The zero-order chi connectivity index (χ0) is 21.8. The number of anilines is 1. The van der Waals surface area contributed by atoms with E-state index in [0.717, 1.165) is 24.1 Å². The molecule has 2 aromatic carbocycles. The van der Waals surface area contributed by atoms with Crippen molar-refractivity contribution >= 4 is 11.6 Å². The van der Waals surface area contributed by atoms with Crippen LogP contribution in [-0.4, -0.2) is 34.7 Å². The molecule has 7 heteroatoms. The molecule has 4 rings (SSSR count). The summed E-state index contributed by atoms with van der Waals surface area (Å²) in [6.45, 7) is 6.98. The normalized spacial score (nSPS) is 15.5. The lowest BCUT2D eigenvalue weighted by molar-refractivity contribution is -0.128. The first-order chi connectivity index (χ1) is 15.1. The summed E-state index contributed by atoms with van der Waals surface area (Å²) < 4.78 is 11.5. The lowest BCUT2D eigenvalue weighted by Gasteiger charge is -2.35. The minimum atomic E-state index is -0.602. The molecule has 0 radical (unpaired) electrons. The Labute approximate surface area is 182 Å². The fourth-order valence-electron chi connectivity index (χ4n) is 3.68. The van der Waals surface area contributed by atoms with Crippen LogP contribution in [0.2, 0.25) is 0 Å². The maximum Gasteiger partial charge on any atom is 0.263 e. The van der Waals surface area contributed by atoms with Gasteiger partial charge in [-0.3, -0.25) is 4.79 Å². The Hall–Kier alpha value is -3.35. The number of benzene rings is 2. The van der Waals surface area contributed by atoms with Crippen LogP contribution in [-0.2, 0) is 11.3 Å². The van der Waals surface area contributed by atoms with E-state index < -0.39 is 6.10 Å². The summed E-state index contributed by atoms with van der Waals surface area (Å²) in [4.78, 5) is 19.5. The number of para-hydroxylation sites is 2. The zero-order valence-corrected chi connectivity index (χ0v) is 18.2. The summed E-state index contributed by atoms with van der Waals surface area (Å²) in [7, 11) is 0. The second kappa shape index (κ2) is 9.20. The number of hydrogen-bond acceptors (Lipinski definition) is 6. The first-order valence-electron chi connectivity index (χ1n) is 10.8. The number of aromatic nitrogens is 2. The molecular weight excluding hydrogens is 392 g/mol. The van der Waals surface area contributed by atoms with Crippen molar-refractivity contribution < 1.29 is 14.1 Å². The Morgan fingerprint density at radius 3 is 2.65 bits per heavy atom. The van der Waals surface area contributed by atoms with Crippen LogP contribution in [0.3, 0.4) is 0 Å². The third-order valence-electron chi connectivity index (χ3n) is 5.59. The van der Waals surface area contributed by atoms with Crippen molar-refractivity contribution in [2.24, 2.45) is 0 Å². The number of carbonyl (C=O) groups is 1. The van der Waals surface area contributed by atoms with Crippen LogP contribution in [0, 0.1) is 6.92 Å². The number of ether oxygens (including phenoxy) is 1. The van der Waals surface area contributed by atoms with Crippen molar-refractivity contribution in [1.82, 2.24) is 15.5 Å². The Bertz CT molecular complexity index is 1030. The number of hydrogen-bond donors (Lipinski definition) is 1. The molecule has 0 bridgehead atoms. The molecule has 0 aliphatic carbocycles. The van der Waals surface area contributed by atoms with Crippen molar-refractivity contribution in [1.29, 1.82) is 0 Å². The summed E-state index contributed by atoms with van der Waals surface area (Å²) in [5.74, 6) is 1.63. The number of amides is 1. The quantitative estimate of drug-likeness (QED) is 0.619. The van der Waals surface area contributed by atoms with Gasteiger partial charge in [-0.2, -0.15) is 4.98 Å². The average molecular weight is 421 g/mol. The number of rotatable bonds is 7. The zero-order valence-electron chi connectivity index (χ0n) is 18.2. The van der Waals surface area contributed by atoms with Crippen LogP contribution >= 0.6 is 0 Å². The molecule has 162 valence electrons. The predicted molar refractivity (Wildman–Crippen MR) is 119 cm³/mol. The average Bonchev–Trinajstić information content (AvgIpc) is 3.26. The number of nitrogens with zero attached hydrogens (tertiary/aromatic N) is 3. The predicted octanol–water partition coefficient (Wildman–Crippen LogP) is 4.12. The van der Waals surface area contributed by atoms with Crippen molar-refractivity contribution in [3.63, 3.8) is 0 Å². The monoisotopic (exact) mass is 420 g/mol. The molecule has 31 heavy (non-hydrogen) atoms. The first kappa shape index (κ1) is 20.9. The van der Waals surface area contributed by atoms with E-state index in [1.54, 1.807) is 0 Å². The third kappa shape index (κ3) is 4.71. The van der Waals surface area contributed by atoms with Crippen LogP contribution in [0.15, 0.2) is 53.1 Å². The third-order valence-corrected chi connectivity index (χ3v) is 5.59. The molecule has 1 aliphatic rings. The molecule has 7 nitrogen and oxygen atoms in total. The Balaban J connectivity index is 1.53. The van der Waals surface area contributed by atoms with Gasteiger partial charge in [-0.25, -0.2) is 0 Å². The van der Waals surface area contributed by atoms with E-state index in [0.29, 0.717) is 30.6 Å². The molecule has 0 saturated heterocycles. The molecule has 0 saturated carbocycles. The van der Waals surface area contributed by atoms with Gasteiger partial charge in [0.1, 0.15) is 5.75 Å². The minimum absolute atomic E-state index is 0.0981. The van der Waals surface area contributed by atoms with Gasteiger partial charge in [0.05, 0.1) is 18.8 Å². The largest absolute Gasteiger partial charge is 0.477 e. The highest BCUT2D eigenvalue weighted by molar-refractivity contribution is 5.83. The fraction of sp³-hybridized carbons (Fsp3) is 0.375. The molecular formula is C24H28N4O3. The van der Waals surface area contributed by atoms with Crippen LogP contribution in [0.5, 0.6) is 5.75 Å². The maximum atomic E-state index is 12.8. The molecule has 3 aromatic rings. The summed E-state index contributed by atoms with van der Waals surface area (Å²) in [5, 5.41) is 7.22. The van der Waals surface area contributed by atoms with E-state index in [2.05, 4.69) is 34.2 Å². The molecule has 1 amide bonds. The highest BCUT2D eigenvalue weighted by atomic mass is 16.5. The minimum Gasteiger partial charge on any atom is -0.477 e. The lowest BCUT2D eigenvalue weighted by Crippen LogP contribution is -2.51. The SMILES string of the molecule is CCC(CC)NC(=O)C1CN(Cc2nc(-c3ccc(C)cc3)no2)c2ccccc2O1. The van der Waals surface area contributed by atoms with Gasteiger partial charge < -0.3 is 19.5 Å². The van der Waals surface area contributed by atoms with Crippen molar-refractivity contribution in [2.75, 3.05) is 11.4 Å². The van der Waals surface area contributed by atoms with Crippen molar-refractivity contribution in [3.05, 3.63) is 60.0 Å². The topological polar surface area (TPSA) is 80.5 Å². The first-order valence-corrected chi connectivity index (χ1v) is 10.8. The summed E-state index contributed by atoms with van der Waals surface area (Å²) >= 11 is 0. The molecule has 0 spiro atoms. The van der Waals surface area contributed by atoms with Gasteiger partial charge in [0.2, 0.25) is 11.7 Å². The Morgan fingerprint density at radius 1 is 1.16 bits per heavy atom. The van der Waals surface area contributed by atoms with E-state index in [1.807, 2.05) is 55.5 Å². The van der Waals surface area contributed by atoms with Crippen LogP contribution in [0.1, 0.15) is 38.1 Å². The molecule has 1 N–H and O–H groups in total. The number of fused-ring (bicyclic) bond motifs is 1. The maximum absolute atomic E-state index is 12.8. The summed E-state index contributed by atoms with van der Waals surface area (Å²) in [6, 6.07) is 15.9. The summed E-state index contributed by atoms with van der Waals surface area (Å²) in [6.07, 6.45) is 1.17. The van der Waals surface area contributed by atoms with E-state index in [9.17, 15) is 4.79 Å².